The van der Waals surface area contributed by atoms with Crippen LogP contribution in [0.1, 0.15) is 63.1 Å². The number of amides is 1. The lowest BCUT2D eigenvalue weighted by atomic mass is 9.85. The van der Waals surface area contributed by atoms with Gasteiger partial charge in [0.05, 0.1) is 29.0 Å². The Bertz CT molecular complexity index is 1590. The van der Waals surface area contributed by atoms with Crippen LogP contribution in [0.3, 0.4) is 0 Å². The van der Waals surface area contributed by atoms with Gasteiger partial charge in [0.25, 0.3) is 5.56 Å². The monoisotopic (exact) mass is 531 g/mol. The third-order valence-corrected chi connectivity index (χ3v) is 7.39. The Morgan fingerprint density at radius 3 is 2.64 bits per heavy atom. The number of benzene rings is 1. The standard InChI is InChI=1S/C29H29N3O7/c1-4-21(30-24(34)11-10-16(3)33)27(36)39-29(5-2)20-13-23-25-18(12-17-8-6-7-9-22(17)31-25)14-32(23)26(35)19(20)15-38-28(29)37/h6-9,12-13,21H,4-5,10-11,14-15H2,1-3H3,(H,30,34)/t21-,29?/m0/s1. The van der Waals surface area contributed by atoms with E-state index >= 15 is 0 Å². The maximum Gasteiger partial charge on any atom is 0.355 e. The molecule has 0 saturated heterocycles. The zero-order valence-corrected chi connectivity index (χ0v) is 22.0. The zero-order valence-electron chi connectivity index (χ0n) is 22.0. The van der Waals surface area contributed by atoms with Crippen molar-refractivity contribution in [3.63, 3.8) is 0 Å². The van der Waals surface area contributed by atoms with E-state index in [0.717, 1.165) is 16.5 Å². The summed E-state index contributed by atoms with van der Waals surface area (Å²) in [6.45, 7) is 4.82. The van der Waals surface area contributed by atoms with Gasteiger partial charge >= 0.3 is 11.9 Å². The molecule has 4 heterocycles. The molecule has 5 rings (SSSR count). The highest BCUT2D eigenvalue weighted by Crippen LogP contribution is 2.41. The van der Waals surface area contributed by atoms with Crippen LogP contribution in [0.5, 0.6) is 0 Å². The molecule has 1 N–H and O–H groups in total. The van der Waals surface area contributed by atoms with E-state index in [1.165, 1.54) is 6.92 Å². The minimum atomic E-state index is -1.86. The Morgan fingerprint density at radius 2 is 1.92 bits per heavy atom. The van der Waals surface area contributed by atoms with Gasteiger partial charge in [-0.05, 0) is 38.0 Å². The molecule has 3 aromatic rings. The fraction of sp³-hybridized carbons (Fsp3) is 0.379. The first-order chi connectivity index (χ1) is 18.7. The van der Waals surface area contributed by atoms with Gasteiger partial charge in [-0.2, -0.15) is 0 Å². The maximum atomic E-state index is 13.6. The summed E-state index contributed by atoms with van der Waals surface area (Å²) in [7, 11) is 0. The number of carbonyl (C=O) groups excluding carboxylic acids is 4. The largest absolute Gasteiger partial charge is 0.457 e. The summed E-state index contributed by atoms with van der Waals surface area (Å²) in [5.74, 6) is -2.23. The summed E-state index contributed by atoms with van der Waals surface area (Å²) in [6.07, 6.45) is 0.201. The number of esters is 2. The van der Waals surface area contributed by atoms with Gasteiger partial charge in [0.1, 0.15) is 18.4 Å². The van der Waals surface area contributed by atoms with Crippen LogP contribution in [-0.4, -0.2) is 39.2 Å². The van der Waals surface area contributed by atoms with E-state index < -0.39 is 29.5 Å². The van der Waals surface area contributed by atoms with Gasteiger partial charge in [-0.25, -0.2) is 14.6 Å². The molecule has 1 unspecified atom stereocenters. The Hall–Kier alpha value is -4.34. The van der Waals surface area contributed by atoms with Crippen molar-refractivity contribution in [2.24, 2.45) is 0 Å². The van der Waals surface area contributed by atoms with Crippen molar-refractivity contribution >= 4 is 34.5 Å². The third-order valence-electron chi connectivity index (χ3n) is 7.39. The molecule has 10 heteroatoms. The lowest BCUT2D eigenvalue weighted by molar-refractivity contribution is -0.190. The Labute approximate surface area is 224 Å². The molecule has 2 aliphatic heterocycles. The molecular formula is C29H29N3O7. The normalized spacial score (nSPS) is 18.0. The van der Waals surface area contributed by atoms with Crippen molar-refractivity contribution in [1.82, 2.24) is 14.9 Å². The van der Waals surface area contributed by atoms with E-state index in [-0.39, 0.29) is 54.8 Å². The number of carbonyl (C=O) groups is 4. The molecule has 1 aromatic carbocycles. The predicted molar refractivity (Wildman–Crippen MR) is 141 cm³/mol. The zero-order chi connectivity index (χ0) is 27.9. The van der Waals surface area contributed by atoms with Gasteiger partial charge in [-0.3, -0.25) is 9.59 Å². The fourth-order valence-electron chi connectivity index (χ4n) is 5.21. The number of para-hydroxylation sites is 1. The smallest absolute Gasteiger partial charge is 0.355 e. The van der Waals surface area contributed by atoms with Gasteiger partial charge in [0, 0.05) is 29.4 Å². The van der Waals surface area contributed by atoms with Crippen molar-refractivity contribution in [3.05, 3.63) is 63.4 Å². The molecule has 0 fully saturated rings. The van der Waals surface area contributed by atoms with E-state index in [1.807, 2.05) is 30.3 Å². The molecule has 39 heavy (non-hydrogen) atoms. The van der Waals surface area contributed by atoms with Gasteiger partial charge in [0.2, 0.25) is 11.5 Å². The van der Waals surface area contributed by atoms with Crippen LogP contribution in [0.15, 0.2) is 41.2 Å². The third kappa shape index (κ3) is 4.49. The lowest BCUT2D eigenvalue weighted by Crippen LogP contribution is -2.51. The van der Waals surface area contributed by atoms with Crippen LogP contribution >= 0.6 is 0 Å². The van der Waals surface area contributed by atoms with E-state index in [9.17, 15) is 24.0 Å². The van der Waals surface area contributed by atoms with Crippen LogP contribution in [-0.2, 0) is 47.4 Å². The summed E-state index contributed by atoms with van der Waals surface area (Å²) in [5.41, 5.74) is 1.12. The van der Waals surface area contributed by atoms with Crippen molar-refractivity contribution in [2.75, 3.05) is 0 Å². The summed E-state index contributed by atoms with van der Waals surface area (Å²) < 4.78 is 12.8. The van der Waals surface area contributed by atoms with E-state index in [4.69, 9.17) is 14.5 Å². The van der Waals surface area contributed by atoms with Gasteiger partial charge < -0.3 is 24.2 Å². The number of fused-ring (bicyclic) bond motifs is 5. The molecule has 2 aliphatic rings. The molecule has 0 spiro atoms. The van der Waals surface area contributed by atoms with Crippen LogP contribution in [0.4, 0.5) is 0 Å². The number of hydrogen-bond donors (Lipinski definition) is 1. The minimum absolute atomic E-state index is 0.0141. The highest BCUT2D eigenvalue weighted by Gasteiger charge is 2.51. The number of hydrogen-bond acceptors (Lipinski definition) is 8. The SMILES string of the molecule is CC[C@H](NC(=O)CCC(C)=O)C(=O)OC1(CC)C(=O)OCc2c1cc1n(c2=O)Cc2cc3ccccc3nc2-1. The number of Topliss-reactive ketones (excluding diaryl/α,β-unsaturated/α-hetero) is 1. The second kappa shape index (κ2) is 10.1. The van der Waals surface area contributed by atoms with Crippen molar-refractivity contribution in [1.29, 1.82) is 0 Å². The quantitative estimate of drug-likeness (QED) is 0.343. The second-order valence-electron chi connectivity index (χ2n) is 9.91. The molecule has 0 aliphatic carbocycles. The highest BCUT2D eigenvalue weighted by molar-refractivity contribution is 5.91. The van der Waals surface area contributed by atoms with Crippen LogP contribution < -0.4 is 10.9 Å². The first-order valence-corrected chi connectivity index (χ1v) is 13.0. The Balaban J connectivity index is 1.54. The van der Waals surface area contributed by atoms with E-state index in [1.54, 1.807) is 24.5 Å². The fourth-order valence-corrected chi connectivity index (χ4v) is 5.21. The Morgan fingerprint density at radius 1 is 1.15 bits per heavy atom. The molecular weight excluding hydrogens is 502 g/mol. The summed E-state index contributed by atoms with van der Waals surface area (Å²) in [4.78, 5) is 68.5. The number of cyclic esters (lactones) is 1. The first kappa shape index (κ1) is 26.3. The van der Waals surface area contributed by atoms with Crippen LogP contribution in [0.2, 0.25) is 0 Å². The number of nitrogens with zero attached hydrogens (tertiary/aromatic N) is 2. The number of pyridine rings is 2. The van der Waals surface area contributed by atoms with Crippen molar-refractivity contribution < 1.29 is 28.7 Å². The van der Waals surface area contributed by atoms with E-state index in [0.29, 0.717) is 17.9 Å². The molecule has 2 aromatic heterocycles. The van der Waals surface area contributed by atoms with Crippen LogP contribution in [0.25, 0.3) is 22.3 Å². The van der Waals surface area contributed by atoms with Gasteiger partial charge in [0.15, 0.2) is 0 Å². The van der Waals surface area contributed by atoms with Crippen molar-refractivity contribution in [2.45, 2.75) is 71.2 Å². The molecule has 0 bridgehead atoms. The van der Waals surface area contributed by atoms with Crippen molar-refractivity contribution in [3.8, 4) is 11.4 Å². The molecule has 2 atom stereocenters. The summed E-state index contributed by atoms with van der Waals surface area (Å²) in [5, 5.41) is 3.53. The average Bonchev–Trinajstić information content (AvgIpc) is 3.28. The molecule has 0 saturated carbocycles. The number of ether oxygens (including phenoxy) is 2. The average molecular weight is 532 g/mol. The predicted octanol–water partition coefficient (Wildman–Crippen LogP) is 2.89. The topological polar surface area (TPSA) is 134 Å². The van der Waals surface area contributed by atoms with Gasteiger partial charge in [-0.15, -0.1) is 0 Å². The summed E-state index contributed by atoms with van der Waals surface area (Å²) >= 11 is 0. The molecule has 0 radical (unpaired) electrons. The second-order valence-corrected chi connectivity index (χ2v) is 9.91. The molecule has 1 amide bonds. The highest BCUT2D eigenvalue weighted by atomic mass is 16.6. The summed E-state index contributed by atoms with van der Waals surface area (Å²) in [6, 6.07) is 10.3. The first-order valence-electron chi connectivity index (χ1n) is 13.0. The minimum Gasteiger partial charge on any atom is -0.457 e. The van der Waals surface area contributed by atoms with Crippen LogP contribution in [0, 0.1) is 0 Å². The Kier molecular flexibility index (Phi) is 6.80. The van der Waals surface area contributed by atoms with E-state index in [2.05, 4.69) is 5.32 Å². The number of ketones is 1. The number of nitrogens with one attached hydrogen (secondary N) is 1. The maximum absolute atomic E-state index is 13.6. The number of rotatable bonds is 8. The van der Waals surface area contributed by atoms with Gasteiger partial charge in [-0.1, -0.05) is 32.0 Å². The number of aromatic nitrogens is 2. The lowest BCUT2D eigenvalue weighted by Gasteiger charge is -2.36. The molecule has 10 nitrogen and oxygen atoms in total. The molecule has 202 valence electrons.